The first kappa shape index (κ1) is 10.7. The van der Waals surface area contributed by atoms with Gasteiger partial charge in [0.2, 0.25) is 5.65 Å². The molecule has 2 aromatic heterocycles. The second-order valence-electron chi connectivity index (χ2n) is 3.08. The molecule has 16 heavy (non-hydrogen) atoms. The fraction of sp³-hybridized carbons (Fsp3) is 0.333. The Kier molecular flexibility index (Phi) is 3.18. The molecule has 3 N–H and O–H groups in total. The van der Waals surface area contributed by atoms with Crippen molar-refractivity contribution in [2.24, 2.45) is 5.84 Å². The summed E-state index contributed by atoms with van der Waals surface area (Å²) in [5.74, 6) is 6.25. The zero-order chi connectivity index (χ0) is 11.4. The molecule has 0 saturated carbocycles. The fourth-order valence-electron chi connectivity index (χ4n) is 1.29. The van der Waals surface area contributed by atoms with E-state index in [-0.39, 0.29) is 0 Å². The number of aromatic nitrogens is 3. The molecule has 2 aromatic rings. The van der Waals surface area contributed by atoms with Gasteiger partial charge in [-0.3, -0.25) is 4.40 Å². The molecule has 2 heterocycles. The van der Waals surface area contributed by atoms with Gasteiger partial charge in [-0.05, 0) is 0 Å². The SMILES string of the molecule is COCCOc1nc(NN)cn2ccnc12. The van der Waals surface area contributed by atoms with Crippen molar-refractivity contribution in [1.82, 2.24) is 14.4 Å². The number of fused-ring (bicyclic) bond motifs is 1. The molecule has 0 aliphatic carbocycles. The first-order valence-corrected chi connectivity index (χ1v) is 4.77. The number of nitrogens with zero attached hydrogens (tertiary/aromatic N) is 3. The molecule has 2 rings (SSSR count). The number of nitrogens with two attached hydrogens (primary N) is 1. The summed E-state index contributed by atoms with van der Waals surface area (Å²) in [4.78, 5) is 8.31. The molecule has 7 nitrogen and oxygen atoms in total. The maximum absolute atomic E-state index is 5.45. The lowest BCUT2D eigenvalue weighted by molar-refractivity contribution is 0.144. The minimum Gasteiger partial charge on any atom is -0.473 e. The Morgan fingerprint density at radius 2 is 2.38 bits per heavy atom. The summed E-state index contributed by atoms with van der Waals surface area (Å²) >= 11 is 0. The smallest absolute Gasteiger partial charge is 0.260 e. The molecule has 0 aliphatic heterocycles. The summed E-state index contributed by atoms with van der Waals surface area (Å²) in [6.45, 7) is 0.912. The van der Waals surface area contributed by atoms with Crippen LogP contribution in [0.15, 0.2) is 18.6 Å². The average Bonchev–Trinajstić information content (AvgIpc) is 2.77. The van der Waals surface area contributed by atoms with Crippen molar-refractivity contribution < 1.29 is 9.47 Å². The van der Waals surface area contributed by atoms with Crippen molar-refractivity contribution in [3.63, 3.8) is 0 Å². The van der Waals surface area contributed by atoms with Crippen LogP contribution >= 0.6 is 0 Å². The van der Waals surface area contributed by atoms with Gasteiger partial charge in [-0.25, -0.2) is 10.8 Å². The second kappa shape index (κ2) is 4.77. The zero-order valence-corrected chi connectivity index (χ0v) is 8.88. The van der Waals surface area contributed by atoms with Crippen molar-refractivity contribution >= 4 is 11.5 Å². The standard InChI is InChI=1S/C9H13N5O2/c1-15-4-5-16-9-8-11-2-3-14(8)6-7(12-9)13-10/h2-3,6,13H,4-5,10H2,1H3. The summed E-state index contributed by atoms with van der Waals surface area (Å²) in [6, 6.07) is 0. The van der Waals surface area contributed by atoms with Gasteiger partial charge in [0.1, 0.15) is 6.61 Å². The van der Waals surface area contributed by atoms with E-state index < -0.39 is 0 Å². The van der Waals surface area contributed by atoms with Crippen molar-refractivity contribution in [1.29, 1.82) is 0 Å². The van der Waals surface area contributed by atoms with Crippen LogP contribution in [0.4, 0.5) is 5.82 Å². The van der Waals surface area contributed by atoms with Gasteiger partial charge in [-0.15, -0.1) is 0 Å². The van der Waals surface area contributed by atoms with Crippen LogP contribution in [0.2, 0.25) is 0 Å². The number of anilines is 1. The fourth-order valence-corrected chi connectivity index (χ4v) is 1.29. The lowest BCUT2D eigenvalue weighted by Gasteiger charge is -2.07. The quantitative estimate of drug-likeness (QED) is 0.423. The Balaban J connectivity index is 2.29. The van der Waals surface area contributed by atoms with Crippen molar-refractivity contribution in [2.75, 3.05) is 25.7 Å². The number of methoxy groups -OCH3 is 1. The highest BCUT2D eigenvalue weighted by atomic mass is 16.5. The minimum atomic E-state index is 0.417. The van der Waals surface area contributed by atoms with Gasteiger partial charge in [0, 0.05) is 19.5 Å². The van der Waals surface area contributed by atoms with E-state index in [1.54, 1.807) is 30.1 Å². The number of rotatable bonds is 5. The van der Waals surface area contributed by atoms with Gasteiger partial charge in [0.15, 0.2) is 5.82 Å². The highest BCUT2D eigenvalue weighted by Crippen LogP contribution is 2.17. The van der Waals surface area contributed by atoms with Gasteiger partial charge in [-0.1, -0.05) is 0 Å². The Morgan fingerprint density at radius 1 is 1.50 bits per heavy atom. The summed E-state index contributed by atoms with van der Waals surface area (Å²) < 4.78 is 12.1. The first-order valence-electron chi connectivity index (χ1n) is 4.77. The lowest BCUT2D eigenvalue weighted by Crippen LogP contribution is -2.12. The number of hydrazine groups is 1. The normalized spacial score (nSPS) is 10.6. The molecule has 86 valence electrons. The van der Waals surface area contributed by atoms with Crippen LogP contribution in [0, 0.1) is 0 Å². The van der Waals surface area contributed by atoms with Crippen LogP contribution in [-0.4, -0.2) is 34.7 Å². The van der Waals surface area contributed by atoms with E-state index in [2.05, 4.69) is 15.4 Å². The van der Waals surface area contributed by atoms with Crippen LogP contribution in [0.25, 0.3) is 5.65 Å². The molecule has 0 radical (unpaired) electrons. The predicted octanol–water partition coefficient (Wildman–Crippen LogP) is 0.0401. The second-order valence-corrected chi connectivity index (χ2v) is 3.08. The van der Waals surface area contributed by atoms with E-state index in [0.29, 0.717) is 30.6 Å². The van der Waals surface area contributed by atoms with Crippen LogP contribution in [0.5, 0.6) is 5.88 Å². The van der Waals surface area contributed by atoms with Gasteiger partial charge in [0.25, 0.3) is 5.88 Å². The lowest BCUT2D eigenvalue weighted by atomic mass is 10.6. The molecular formula is C9H13N5O2. The van der Waals surface area contributed by atoms with Crippen molar-refractivity contribution in [3.8, 4) is 5.88 Å². The Morgan fingerprint density at radius 3 is 3.12 bits per heavy atom. The van der Waals surface area contributed by atoms with Crippen LogP contribution in [0.1, 0.15) is 0 Å². The maximum Gasteiger partial charge on any atom is 0.260 e. The number of imidazole rings is 1. The van der Waals surface area contributed by atoms with Gasteiger partial charge in [-0.2, -0.15) is 4.98 Å². The summed E-state index contributed by atoms with van der Waals surface area (Å²) in [5.41, 5.74) is 3.12. The van der Waals surface area contributed by atoms with Gasteiger partial charge >= 0.3 is 0 Å². The van der Waals surface area contributed by atoms with E-state index in [1.165, 1.54) is 0 Å². The van der Waals surface area contributed by atoms with Crippen molar-refractivity contribution in [2.45, 2.75) is 0 Å². The molecule has 0 fully saturated rings. The number of nitrogen functional groups attached to an aromatic ring is 1. The Bertz CT molecular complexity index is 470. The molecule has 7 heteroatoms. The molecule has 0 aliphatic rings. The van der Waals surface area contributed by atoms with Crippen molar-refractivity contribution in [3.05, 3.63) is 18.6 Å². The highest BCUT2D eigenvalue weighted by Gasteiger charge is 2.07. The topological polar surface area (TPSA) is 86.7 Å². The molecule has 0 amide bonds. The summed E-state index contributed by atoms with van der Waals surface area (Å²) in [7, 11) is 1.61. The van der Waals surface area contributed by atoms with E-state index in [1.807, 2.05) is 0 Å². The largest absolute Gasteiger partial charge is 0.473 e. The monoisotopic (exact) mass is 223 g/mol. The predicted molar refractivity (Wildman–Crippen MR) is 58.2 cm³/mol. The molecule has 0 aromatic carbocycles. The number of nitrogens with one attached hydrogen (secondary N) is 1. The summed E-state index contributed by atoms with van der Waals surface area (Å²) in [6.07, 6.45) is 5.19. The molecule has 0 unspecified atom stereocenters. The third kappa shape index (κ3) is 2.05. The third-order valence-electron chi connectivity index (χ3n) is 2.02. The Hall–Kier alpha value is -1.86. The zero-order valence-electron chi connectivity index (χ0n) is 8.88. The van der Waals surface area contributed by atoms with E-state index in [4.69, 9.17) is 15.3 Å². The highest BCUT2D eigenvalue weighted by molar-refractivity contribution is 5.53. The molecule has 0 bridgehead atoms. The van der Waals surface area contributed by atoms with E-state index in [0.717, 1.165) is 0 Å². The molecule has 0 saturated heterocycles. The summed E-state index contributed by atoms with van der Waals surface area (Å²) in [5, 5.41) is 0. The van der Waals surface area contributed by atoms with E-state index in [9.17, 15) is 0 Å². The number of ether oxygens (including phenoxy) is 2. The maximum atomic E-state index is 5.45. The minimum absolute atomic E-state index is 0.417. The van der Waals surface area contributed by atoms with Crippen LogP contribution < -0.4 is 16.0 Å². The van der Waals surface area contributed by atoms with Crippen LogP contribution in [0.3, 0.4) is 0 Å². The Labute approximate surface area is 92.2 Å². The molecular weight excluding hydrogens is 210 g/mol. The third-order valence-corrected chi connectivity index (χ3v) is 2.02. The van der Waals surface area contributed by atoms with Gasteiger partial charge < -0.3 is 14.9 Å². The number of hydrogen-bond acceptors (Lipinski definition) is 6. The molecule has 0 atom stereocenters. The van der Waals surface area contributed by atoms with Crippen LogP contribution in [-0.2, 0) is 4.74 Å². The number of hydrogen-bond donors (Lipinski definition) is 2. The van der Waals surface area contributed by atoms with E-state index >= 15 is 0 Å². The first-order chi connectivity index (χ1) is 7.85. The average molecular weight is 223 g/mol. The molecule has 0 spiro atoms. The van der Waals surface area contributed by atoms with Gasteiger partial charge in [0.05, 0.1) is 12.8 Å².